The first-order chi connectivity index (χ1) is 3.41. The third kappa shape index (κ3) is 5.96. The molecule has 0 aliphatic heterocycles. The maximum Gasteiger partial charge on any atom is 0.0433 e. The van der Waals surface area contributed by atoms with Crippen molar-refractivity contribution in [1.29, 1.82) is 0 Å². The van der Waals surface area contributed by atoms with Gasteiger partial charge in [0.1, 0.15) is 0 Å². The van der Waals surface area contributed by atoms with Crippen LogP contribution in [0.1, 0.15) is 19.3 Å². The van der Waals surface area contributed by atoms with E-state index in [1.807, 2.05) is 6.42 Å². The minimum atomic E-state index is 0.278. The summed E-state index contributed by atoms with van der Waals surface area (Å²) in [6, 6.07) is 0. The third-order valence-electron chi connectivity index (χ3n) is 0.741. The molecule has 1 heteroatoms. The van der Waals surface area contributed by atoms with Crippen LogP contribution in [-0.2, 0) is 0 Å². The Hall–Kier alpha value is -0.0400. The second-order valence-corrected chi connectivity index (χ2v) is 1.44. The van der Waals surface area contributed by atoms with Gasteiger partial charge in [-0.2, -0.15) is 0 Å². The largest absolute Gasteiger partial charge is 0.396 e. The van der Waals surface area contributed by atoms with Gasteiger partial charge in [-0.1, -0.05) is 19.8 Å². The molecule has 0 spiro atoms. The number of hydrogen-bond acceptors (Lipinski definition) is 1. The van der Waals surface area contributed by atoms with Crippen LogP contribution in [0.5, 0.6) is 0 Å². The van der Waals surface area contributed by atoms with E-state index in [9.17, 15) is 0 Å². The maximum absolute atomic E-state index is 8.24. The fourth-order valence-electron chi connectivity index (χ4n) is 0.380. The smallest absolute Gasteiger partial charge is 0.0433 e. The van der Waals surface area contributed by atoms with E-state index in [-0.39, 0.29) is 6.61 Å². The van der Waals surface area contributed by atoms with Crippen molar-refractivity contribution in [2.45, 2.75) is 19.3 Å². The van der Waals surface area contributed by atoms with Gasteiger partial charge in [0, 0.05) is 6.61 Å². The fraction of sp³-hybridized carbons (Fsp3) is 0.667. The molecule has 0 saturated heterocycles. The van der Waals surface area contributed by atoms with Gasteiger partial charge in [-0.05, 0) is 12.8 Å². The van der Waals surface area contributed by atoms with Crippen LogP contribution in [0.15, 0.2) is 0 Å². The Morgan fingerprint density at radius 3 is 2.57 bits per heavy atom. The van der Waals surface area contributed by atoms with E-state index in [1.54, 1.807) is 0 Å². The van der Waals surface area contributed by atoms with Gasteiger partial charge < -0.3 is 5.11 Å². The summed E-state index contributed by atoms with van der Waals surface area (Å²) in [7, 11) is 0. The van der Waals surface area contributed by atoms with Gasteiger partial charge in [0.25, 0.3) is 0 Å². The van der Waals surface area contributed by atoms with Crippen molar-refractivity contribution in [3.63, 3.8) is 0 Å². The molecule has 0 heterocycles. The molecule has 2 radical (unpaired) electrons. The molecular formula is C6H12O. The summed E-state index contributed by atoms with van der Waals surface area (Å²) in [5.74, 6) is 0. The molecule has 0 bridgehead atoms. The lowest BCUT2D eigenvalue weighted by Crippen LogP contribution is -1.81. The second kappa shape index (κ2) is 5.96. The van der Waals surface area contributed by atoms with Crippen molar-refractivity contribution >= 4 is 0 Å². The van der Waals surface area contributed by atoms with Gasteiger partial charge in [-0.25, -0.2) is 0 Å². The Morgan fingerprint density at radius 1 is 1.43 bits per heavy atom. The molecule has 0 rings (SSSR count). The Morgan fingerprint density at radius 2 is 2.14 bits per heavy atom. The van der Waals surface area contributed by atoms with E-state index in [2.05, 4.69) is 6.92 Å². The molecule has 0 aliphatic carbocycles. The molecule has 42 valence electrons. The zero-order valence-electron chi connectivity index (χ0n) is 4.56. The number of aliphatic hydroxyl groups excluding tert-OH is 1. The fourth-order valence-corrected chi connectivity index (χ4v) is 0.380. The topological polar surface area (TPSA) is 20.2 Å². The second-order valence-electron chi connectivity index (χ2n) is 1.44. The molecule has 0 aromatic carbocycles. The van der Waals surface area contributed by atoms with Gasteiger partial charge in [0.2, 0.25) is 0 Å². The highest BCUT2D eigenvalue weighted by atomic mass is 16.2. The van der Waals surface area contributed by atoms with E-state index in [4.69, 9.17) is 5.11 Å². The highest BCUT2D eigenvalue weighted by Crippen LogP contribution is 1.94. The molecule has 1 nitrogen and oxygen atoms in total. The molecule has 0 aliphatic rings. The summed E-state index contributed by atoms with van der Waals surface area (Å²) in [5.41, 5.74) is 0. The number of rotatable bonds is 4. The monoisotopic (exact) mass is 100 g/mol. The first kappa shape index (κ1) is 6.96. The number of unbranched alkanes of at least 4 members (excludes halogenated alkanes) is 3. The third-order valence-corrected chi connectivity index (χ3v) is 0.741. The number of aliphatic hydroxyl groups is 1. The van der Waals surface area contributed by atoms with Crippen LogP contribution in [0.25, 0.3) is 0 Å². The maximum atomic E-state index is 8.24. The lowest BCUT2D eigenvalue weighted by Gasteiger charge is -1.89. The Labute approximate surface area is 45.4 Å². The minimum absolute atomic E-state index is 0.278. The van der Waals surface area contributed by atoms with E-state index in [0.717, 1.165) is 19.3 Å². The summed E-state index contributed by atoms with van der Waals surface area (Å²) in [4.78, 5) is 0. The highest BCUT2D eigenvalue weighted by molar-refractivity contribution is 4.63. The first-order valence-corrected chi connectivity index (χ1v) is 2.63. The van der Waals surface area contributed by atoms with Crippen LogP contribution in [0, 0.1) is 13.3 Å². The van der Waals surface area contributed by atoms with Crippen LogP contribution in [0.2, 0.25) is 0 Å². The Kier molecular flexibility index (Phi) is 5.93. The standard InChI is InChI=1S/C6H12O/c1-2-3-4-5-6-7/h4,7H,1-3,5-6H2. The zero-order valence-corrected chi connectivity index (χ0v) is 4.56. The van der Waals surface area contributed by atoms with Gasteiger partial charge in [0.05, 0.1) is 0 Å². The van der Waals surface area contributed by atoms with Gasteiger partial charge in [-0.3, -0.25) is 0 Å². The van der Waals surface area contributed by atoms with Crippen molar-refractivity contribution in [2.24, 2.45) is 0 Å². The first-order valence-electron chi connectivity index (χ1n) is 2.63. The van der Waals surface area contributed by atoms with Crippen LogP contribution in [0.4, 0.5) is 0 Å². The van der Waals surface area contributed by atoms with Gasteiger partial charge in [-0.15, -0.1) is 0 Å². The zero-order chi connectivity index (χ0) is 5.54. The van der Waals surface area contributed by atoms with Gasteiger partial charge in [0.15, 0.2) is 0 Å². The quantitative estimate of drug-likeness (QED) is 0.526. The van der Waals surface area contributed by atoms with Crippen LogP contribution < -0.4 is 0 Å². The summed E-state index contributed by atoms with van der Waals surface area (Å²) >= 11 is 0. The van der Waals surface area contributed by atoms with Crippen molar-refractivity contribution < 1.29 is 5.11 Å². The Bertz CT molecular complexity index is 23.4. The summed E-state index contributed by atoms with van der Waals surface area (Å²) in [6.07, 6.45) is 4.84. The molecule has 0 amide bonds. The van der Waals surface area contributed by atoms with E-state index in [1.165, 1.54) is 0 Å². The van der Waals surface area contributed by atoms with E-state index < -0.39 is 0 Å². The van der Waals surface area contributed by atoms with E-state index >= 15 is 0 Å². The minimum Gasteiger partial charge on any atom is -0.396 e. The SMILES string of the molecule is [CH2]CC[CH]CCO. The van der Waals surface area contributed by atoms with Crippen LogP contribution in [0.3, 0.4) is 0 Å². The van der Waals surface area contributed by atoms with Gasteiger partial charge >= 0.3 is 0 Å². The molecule has 0 unspecified atom stereocenters. The average Bonchev–Trinajstić information content (AvgIpc) is 1.69. The highest BCUT2D eigenvalue weighted by Gasteiger charge is 1.81. The molecular weight excluding hydrogens is 88.1 g/mol. The molecule has 0 aromatic heterocycles. The summed E-state index contributed by atoms with van der Waals surface area (Å²) < 4.78 is 0. The van der Waals surface area contributed by atoms with Crippen LogP contribution in [-0.4, -0.2) is 11.7 Å². The predicted molar refractivity (Wildman–Crippen MR) is 30.6 cm³/mol. The summed E-state index contributed by atoms with van der Waals surface area (Å²) in [6.45, 7) is 3.92. The normalized spacial score (nSPS) is 9.43. The molecule has 0 saturated carbocycles. The summed E-state index contributed by atoms with van der Waals surface area (Å²) in [5, 5.41) is 8.24. The molecule has 1 N–H and O–H groups in total. The average molecular weight is 100 g/mol. The van der Waals surface area contributed by atoms with Crippen LogP contribution >= 0.6 is 0 Å². The van der Waals surface area contributed by atoms with Crippen molar-refractivity contribution in [3.8, 4) is 0 Å². The molecule has 7 heavy (non-hydrogen) atoms. The lowest BCUT2D eigenvalue weighted by molar-refractivity contribution is 0.297. The predicted octanol–water partition coefficient (Wildman–Crippen LogP) is 1.19. The Balaban J connectivity index is 2.45. The number of hydrogen-bond donors (Lipinski definition) is 1. The molecule has 0 aromatic rings. The molecule has 0 atom stereocenters. The van der Waals surface area contributed by atoms with Crippen molar-refractivity contribution in [2.75, 3.05) is 6.61 Å². The van der Waals surface area contributed by atoms with Crippen molar-refractivity contribution in [3.05, 3.63) is 13.3 Å². The molecule has 0 fully saturated rings. The van der Waals surface area contributed by atoms with E-state index in [0.29, 0.717) is 0 Å². The van der Waals surface area contributed by atoms with Crippen molar-refractivity contribution in [1.82, 2.24) is 0 Å². The lowest BCUT2D eigenvalue weighted by atomic mass is 10.2.